The SMILES string of the molecule is COCCC(C)C(N)c1cc(C)cc(F)c1. The lowest BCUT2D eigenvalue weighted by Gasteiger charge is -2.20. The third kappa shape index (κ3) is 3.58. The lowest BCUT2D eigenvalue weighted by atomic mass is 9.92. The van der Waals surface area contributed by atoms with Crippen LogP contribution in [-0.2, 0) is 4.74 Å². The quantitative estimate of drug-likeness (QED) is 0.836. The molecular weight excluding hydrogens is 205 g/mol. The van der Waals surface area contributed by atoms with Crippen LogP contribution in [0.5, 0.6) is 0 Å². The molecule has 0 radical (unpaired) electrons. The molecule has 0 saturated carbocycles. The van der Waals surface area contributed by atoms with Gasteiger partial charge in [0.1, 0.15) is 5.82 Å². The first kappa shape index (κ1) is 13.1. The van der Waals surface area contributed by atoms with E-state index >= 15 is 0 Å². The molecule has 1 rings (SSSR count). The Kier molecular flexibility index (Phi) is 4.90. The molecule has 3 heteroatoms. The van der Waals surface area contributed by atoms with Crippen LogP contribution in [0.2, 0.25) is 0 Å². The average Bonchev–Trinajstić information content (AvgIpc) is 2.23. The van der Waals surface area contributed by atoms with Gasteiger partial charge in [0, 0.05) is 19.8 Å². The number of hydrogen-bond donors (Lipinski definition) is 1. The fraction of sp³-hybridized carbons (Fsp3) is 0.538. The zero-order valence-corrected chi connectivity index (χ0v) is 10.2. The lowest BCUT2D eigenvalue weighted by molar-refractivity contribution is 0.174. The van der Waals surface area contributed by atoms with Crippen LogP contribution in [0.3, 0.4) is 0 Å². The largest absolute Gasteiger partial charge is 0.385 e. The van der Waals surface area contributed by atoms with Gasteiger partial charge in [-0.3, -0.25) is 0 Å². The van der Waals surface area contributed by atoms with E-state index in [0.717, 1.165) is 17.5 Å². The van der Waals surface area contributed by atoms with Crippen molar-refractivity contribution in [2.45, 2.75) is 26.3 Å². The molecule has 2 N–H and O–H groups in total. The molecule has 0 aliphatic heterocycles. The van der Waals surface area contributed by atoms with Crippen molar-refractivity contribution in [3.05, 3.63) is 35.1 Å². The summed E-state index contributed by atoms with van der Waals surface area (Å²) in [6.45, 7) is 4.62. The second-order valence-electron chi connectivity index (χ2n) is 4.35. The Morgan fingerprint density at radius 2 is 2.06 bits per heavy atom. The van der Waals surface area contributed by atoms with Crippen molar-refractivity contribution in [3.8, 4) is 0 Å². The summed E-state index contributed by atoms with van der Waals surface area (Å²) in [7, 11) is 1.67. The summed E-state index contributed by atoms with van der Waals surface area (Å²) in [6.07, 6.45) is 0.882. The second kappa shape index (κ2) is 5.97. The van der Waals surface area contributed by atoms with Crippen LogP contribution < -0.4 is 5.73 Å². The van der Waals surface area contributed by atoms with E-state index in [2.05, 4.69) is 6.92 Å². The molecule has 1 aromatic carbocycles. The van der Waals surface area contributed by atoms with Gasteiger partial charge in [-0.05, 0) is 42.5 Å². The molecule has 0 heterocycles. The first-order valence-corrected chi connectivity index (χ1v) is 5.56. The maximum absolute atomic E-state index is 13.2. The molecule has 2 nitrogen and oxygen atoms in total. The van der Waals surface area contributed by atoms with E-state index in [0.29, 0.717) is 6.61 Å². The normalized spacial score (nSPS) is 14.8. The van der Waals surface area contributed by atoms with Gasteiger partial charge in [-0.1, -0.05) is 13.0 Å². The predicted octanol–water partition coefficient (Wildman–Crippen LogP) is 2.81. The Balaban J connectivity index is 2.74. The van der Waals surface area contributed by atoms with E-state index in [1.54, 1.807) is 7.11 Å². The van der Waals surface area contributed by atoms with Crippen molar-refractivity contribution in [1.29, 1.82) is 0 Å². The molecule has 16 heavy (non-hydrogen) atoms. The van der Waals surface area contributed by atoms with Crippen LogP contribution in [0.25, 0.3) is 0 Å². The number of ether oxygens (including phenoxy) is 1. The van der Waals surface area contributed by atoms with E-state index in [4.69, 9.17) is 10.5 Å². The molecule has 0 aromatic heterocycles. The standard InChI is InChI=1S/C13H20FNO/c1-9-6-11(8-12(14)7-9)13(15)10(2)4-5-16-3/h6-8,10,13H,4-5,15H2,1-3H3. The van der Waals surface area contributed by atoms with E-state index < -0.39 is 0 Å². The fourth-order valence-electron chi connectivity index (χ4n) is 1.77. The van der Waals surface area contributed by atoms with Gasteiger partial charge in [0.15, 0.2) is 0 Å². The summed E-state index contributed by atoms with van der Waals surface area (Å²) in [5.74, 6) is 0.0607. The molecule has 1 aromatic rings. The topological polar surface area (TPSA) is 35.2 Å². The molecule has 0 aliphatic rings. The Bertz CT molecular complexity index is 320. The zero-order chi connectivity index (χ0) is 12.1. The smallest absolute Gasteiger partial charge is 0.123 e. The van der Waals surface area contributed by atoms with Gasteiger partial charge in [0.25, 0.3) is 0 Å². The molecule has 0 bridgehead atoms. The predicted molar refractivity (Wildman–Crippen MR) is 63.7 cm³/mol. The first-order valence-electron chi connectivity index (χ1n) is 5.56. The van der Waals surface area contributed by atoms with Gasteiger partial charge >= 0.3 is 0 Å². The Hall–Kier alpha value is -0.930. The first-order chi connectivity index (χ1) is 7.54. The van der Waals surface area contributed by atoms with Crippen LogP contribution in [0.15, 0.2) is 18.2 Å². The summed E-state index contributed by atoms with van der Waals surface area (Å²) in [6, 6.07) is 4.83. The number of nitrogens with two attached hydrogens (primary N) is 1. The highest BCUT2D eigenvalue weighted by molar-refractivity contribution is 5.26. The fourth-order valence-corrected chi connectivity index (χ4v) is 1.77. The maximum Gasteiger partial charge on any atom is 0.123 e. The Labute approximate surface area is 96.6 Å². The minimum absolute atomic E-state index is 0.135. The molecule has 0 amide bonds. The summed E-state index contributed by atoms with van der Waals surface area (Å²) >= 11 is 0. The Morgan fingerprint density at radius 3 is 2.62 bits per heavy atom. The third-order valence-corrected chi connectivity index (χ3v) is 2.84. The molecule has 90 valence electrons. The van der Waals surface area contributed by atoms with E-state index in [1.165, 1.54) is 12.1 Å². The summed E-state index contributed by atoms with van der Waals surface area (Å²) in [5, 5.41) is 0. The monoisotopic (exact) mass is 225 g/mol. The van der Waals surface area contributed by atoms with Gasteiger partial charge in [0.2, 0.25) is 0 Å². The molecule has 2 unspecified atom stereocenters. The minimum Gasteiger partial charge on any atom is -0.385 e. The lowest BCUT2D eigenvalue weighted by Crippen LogP contribution is -2.20. The van der Waals surface area contributed by atoms with Crippen molar-refractivity contribution < 1.29 is 9.13 Å². The van der Waals surface area contributed by atoms with Gasteiger partial charge < -0.3 is 10.5 Å². The van der Waals surface area contributed by atoms with Gasteiger partial charge in [-0.15, -0.1) is 0 Å². The molecule has 0 aliphatic carbocycles. The molecule has 0 fully saturated rings. The highest BCUT2D eigenvalue weighted by Gasteiger charge is 2.15. The van der Waals surface area contributed by atoms with Crippen LogP contribution >= 0.6 is 0 Å². The zero-order valence-electron chi connectivity index (χ0n) is 10.2. The van der Waals surface area contributed by atoms with Gasteiger partial charge in [-0.2, -0.15) is 0 Å². The average molecular weight is 225 g/mol. The molecule has 0 saturated heterocycles. The third-order valence-electron chi connectivity index (χ3n) is 2.84. The molecular formula is C13H20FNO. The second-order valence-corrected chi connectivity index (χ2v) is 4.35. The van der Waals surface area contributed by atoms with Gasteiger partial charge in [-0.25, -0.2) is 4.39 Å². The molecule has 2 atom stereocenters. The van der Waals surface area contributed by atoms with Crippen molar-refractivity contribution in [2.75, 3.05) is 13.7 Å². The van der Waals surface area contributed by atoms with Crippen LogP contribution in [0, 0.1) is 18.7 Å². The number of hydrogen-bond acceptors (Lipinski definition) is 2. The number of halogens is 1. The van der Waals surface area contributed by atoms with Crippen molar-refractivity contribution >= 4 is 0 Å². The van der Waals surface area contributed by atoms with E-state index in [1.807, 2.05) is 13.0 Å². The molecule has 0 spiro atoms. The maximum atomic E-state index is 13.2. The minimum atomic E-state index is -0.218. The van der Waals surface area contributed by atoms with E-state index in [9.17, 15) is 4.39 Å². The summed E-state index contributed by atoms with van der Waals surface area (Å²) < 4.78 is 18.2. The number of benzene rings is 1. The number of rotatable bonds is 5. The van der Waals surface area contributed by atoms with Crippen LogP contribution in [0.4, 0.5) is 4.39 Å². The van der Waals surface area contributed by atoms with Crippen molar-refractivity contribution in [1.82, 2.24) is 0 Å². The van der Waals surface area contributed by atoms with Crippen LogP contribution in [-0.4, -0.2) is 13.7 Å². The summed E-state index contributed by atoms with van der Waals surface area (Å²) in [4.78, 5) is 0. The number of aryl methyl sites for hydroxylation is 1. The number of methoxy groups -OCH3 is 1. The Morgan fingerprint density at radius 1 is 1.38 bits per heavy atom. The highest BCUT2D eigenvalue weighted by atomic mass is 19.1. The van der Waals surface area contributed by atoms with Crippen molar-refractivity contribution in [3.63, 3.8) is 0 Å². The van der Waals surface area contributed by atoms with Gasteiger partial charge in [0.05, 0.1) is 0 Å². The van der Waals surface area contributed by atoms with Crippen LogP contribution in [0.1, 0.15) is 30.5 Å². The van der Waals surface area contributed by atoms with Crippen molar-refractivity contribution in [2.24, 2.45) is 11.7 Å². The van der Waals surface area contributed by atoms with E-state index in [-0.39, 0.29) is 17.8 Å². The highest BCUT2D eigenvalue weighted by Crippen LogP contribution is 2.23. The summed E-state index contributed by atoms with van der Waals surface area (Å²) in [5.41, 5.74) is 7.86.